The summed E-state index contributed by atoms with van der Waals surface area (Å²) in [5, 5.41) is 6.70. The maximum Gasteiger partial charge on any atom is 0.267 e. The molecular weight excluding hydrogens is 358 g/mol. The summed E-state index contributed by atoms with van der Waals surface area (Å²) in [6, 6.07) is 1.78. The zero-order valence-electron chi connectivity index (χ0n) is 13.8. The minimum Gasteiger partial charge on any atom is -0.310 e. The molecule has 10 heteroatoms. The van der Waals surface area contributed by atoms with E-state index in [2.05, 4.69) is 15.4 Å². The molecule has 0 aromatic carbocycles. The summed E-state index contributed by atoms with van der Waals surface area (Å²) in [5.41, 5.74) is 0.822. The maximum atomic E-state index is 12.4. The van der Waals surface area contributed by atoms with Gasteiger partial charge in [0.2, 0.25) is 5.91 Å². The van der Waals surface area contributed by atoms with Crippen LogP contribution in [0.1, 0.15) is 47.6 Å². The van der Waals surface area contributed by atoms with Crippen molar-refractivity contribution in [3.63, 3.8) is 0 Å². The first-order chi connectivity index (χ1) is 12.4. The van der Waals surface area contributed by atoms with Gasteiger partial charge in [0.25, 0.3) is 15.9 Å². The van der Waals surface area contributed by atoms with Crippen LogP contribution in [0.5, 0.6) is 0 Å². The monoisotopic (exact) mass is 375 g/mol. The second kappa shape index (κ2) is 6.20. The van der Waals surface area contributed by atoms with Gasteiger partial charge in [0.05, 0.1) is 17.8 Å². The Balaban J connectivity index is 1.51. The van der Waals surface area contributed by atoms with Crippen molar-refractivity contribution < 1.29 is 18.0 Å². The minimum absolute atomic E-state index is 0.0454. The van der Waals surface area contributed by atoms with Crippen LogP contribution >= 0.6 is 0 Å². The average molecular weight is 375 g/mol. The van der Waals surface area contributed by atoms with Gasteiger partial charge in [-0.05, 0) is 37.3 Å². The van der Waals surface area contributed by atoms with Crippen molar-refractivity contribution in [2.45, 2.75) is 43.0 Å². The quantitative estimate of drug-likeness (QED) is 0.822. The number of aromatic nitrogens is 3. The SMILES string of the molecule is O=C1CCc2cc(C(=O)NS(=O)(=O)c3cnn(C4CCC4)c3)cnc2N1. The molecule has 26 heavy (non-hydrogen) atoms. The molecule has 2 aromatic rings. The Morgan fingerprint density at radius 3 is 2.81 bits per heavy atom. The van der Waals surface area contributed by atoms with Crippen LogP contribution in [0.15, 0.2) is 29.6 Å². The van der Waals surface area contributed by atoms with Crippen LogP contribution in [0, 0.1) is 0 Å². The first-order valence-corrected chi connectivity index (χ1v) is 9.81. The van der Waals surface area contributed by atoms with Crippen molar-refractivity contribution in [3.8, 4) is 0 Å². The van der Waals surface area contributed by atoms with Gasteiger partial charge in [-0.3, -0.25) is 14.3 Å². The normalized spacial score (nSPS) is 17.2. The molecule has 1 aliphatic carbocycles. The third kappa shape index (κ3) is 3.07. The van der Waals surface area contributed by atoms with Gasteiger partial charge in [-0.1, -0.05) is 0 Å². The van der Waals surface area contributed by atoms with Crippen LogP contribution in [0.3, 0.4) is 0 Å². The number of pyridine rings is 1. The third-order valence-corrected chi connectivity index (χ3v) is 5.96. The number of carbonyl (C=O) groups excluding carboxylic acids is 2. The van der Waals surface area contributed by atoms with Crippen molar-refractivity contribution >= 4 is 27.7 Å². The van der Waals surface area contributed by atoms with E-state index in [9.17, 15) is 18.0 Å². The number of fused-ring (bicyclic) bond motifs is 1. The lowest BCUT2D eigenvalue weighted by Gasteiger charge is -2.25. The summed E-state index contributed by atoms with van der Waals surface area (Å²) in [7, 11) is -4.01. The second-order valence-electron chi connectivity index (χ2n) is 6.46. The molecule has 0 bridgehead atoms. The summed E-state index contributed by atoms with van der Waals surface area (Å²) in [6.45, 7) is 0. The van der Waals surface area contributed by atoms with Crippen LogP contribution < -0.4 is 10.0 Å². The second-order valence-corrected chi connectivity index (χ2v) is 8.14. The Kier molecular flexibility index (Phi) is 3.98. The highest BCUT2D eigenvalue weighted by atomic mass is 32.2. The van der Waals surface area contributed by atoms with E-state index in [1.807, 2.05) is 4.72 Å². The average Bonchev–Trinajstić information content (AvgIpc) is 3.02. The van der Waals surface area contributed by atoms with E-state index < -0.39 is 15.9 Å². The van der Waals surface area contributed by atoms with Crippen molar-refractivity contribution in [3.05, 3.63) is 35.8 Å². The number of hydrogen-bond donors (Lipinski definition) is 2. The van der Waals surface area contributed by atoms with Gasteiger partial charge in [-0.25, -0.2) is 18.1 Å². The van der Waals surface area contributed by atoms with Crippen molar-refractivity contribution in [1.82, 2.24) is 19.5 Å². The zero-order valence-corrected chi connectivity index (χ0v) is 14.6. The number of rotatable bonds is 4. The number of hydrogen-bond acceptors (Lipinski definition) is 6. The summed E-state index contributed by atoms with van der Waals surface area (Å²) < 4.78 is 28.5. The van der Waals surface area contributed by atoms with Gasteiger partial charge in [0.1, 0.15) is 10.7 Å². The zero-order chi connectivity index (χ0) is 18.3. The van der Waals surface area contributed by atoms with Gasteiger partial charge in [0.15, 0.2) is 0 Å². The lowest BCUT2D eigenvalue weighted by molar-refractivity contribution is -0.116. The highest BCUT2D eigenvalue weighted by Crippen LogP contribution is 2.31. The molecule has 3 heterocycles. The Morgan fingerprint density at radius 1 is 1.27 bits per heavy atom. The smallest absolute Gasteiger partial charge is 0.267 e. The predicted molar refractivity (Wildman–Crippen MR) is 91.0 cm³/mol. The van der Waals surface area contributed by atoms with Crippen LogP contribution in [0.4, 0.5) is 5.82 Å². The van der Waals surface area contributed by atoms with Gasteiger partial charge < -0.3 is 5.32 Å². The Labute approximate surface area is 149 Å². The highest BCUT2D eigenvalue weighted by Gasteiger charge is 2.25. The van der Waals surface area contributed by atoms with Crippen molar-refractivity contribution in [1.29, 1.82) is 0 Å². The van der Waals surface area contributed by atoms with Crippen molar-refractivity contribution in [2.24, 2.45) is 0 Å². The topological polar surface area (TPSA) is 123 Å². The number of nitrogens with one attached hydrogen (secondary N) is 2. The third-order valence-electron chi connectivity index (χ3n) is 4.67. The van der Waals surface area contributed by atoms with Gasteiger partial charge in [-0.15, -0.1) is 0 Å². The number of sulfonamides is 1. The molecule has 2 amide bonds. The molecule has 1 saturated carbocycles. The van der Waals surface area contributed by atoms with Crippen LogP contribution in [0.25, 0.3) is 0 Å². The van der Waals surface area contributed by atoms with Gasteiger partial charge in [0, 0.05) is 18.8 Å². The number of carbonyl (C=O) groups is 2. The molecular formula is C16H17N5O4S. The highest BCUT2D eigenvalue weighted by molar-refractivity contribution is 7.90. The lowest BCUT2D eigenvalue weighted by Crippen LogP contribution is -2.31. The molecule has 0 unspecified atom stereocenters. The molecule has 4 rings (SSSR count). The van der Waals surface area contributed by atoms with E-state index in [-0.39, 0.29) is 22.4 Å². The van der Waals surface area contributed by atoms with Crippen LogP contribution in [0.2, 0.25) is 0 Å². The van der Waals surface area contributed by atoms with E-state index in [1.54, 1.807) is 10.7 Å². The molecule has 2 aromatic heterocycles. The number of amides is 2. The molecule has 1 fully saturated rings. The Hall–Kier alpha value is -2.75. The fourth-order valence-corrected chi connectivity index (χ4v) is 3.84. The lowest BCUT2D eigenvalue weighted by atomic mass is 9.93. The van der Waals surface area contributed by atoms with E-state index in [1.165, 1.54) is 18.6 Å². The summed E-state index contributed by atoms with van der Waals surface area (Å²) in [4.78, 5) is 27.7. The standard InChI is InChI=1S/C16H17N5O4S/c22-14-5-4-10-6-11(7-17-15(10)19-14)16(23)20-26(24,25)13-8-18-21(9-13)12-2-1-3-12/h6-9,12H,1-5H2,(H,20,23)(H,17,19,22). The molecule has 0 atom stereocenters. The molecule has 2 aliphatic rings. The summed E-state index contributed by atoms with van der Waals surface area (Å²) in [5.74, 6) is -0.496. The predicted octanol–water partition coefficient (Wildman–Crippen LogP) is 1.01. The maximum absolute atomic E-state index is 12.4. The van der Waals surface area contributed by atoms with Crippen molar-refractivity contribution in [2.75, 3.05) is 5.32 Å². The summed E-state index contributed by atoms with van der Waals surface area (Å²) in [6.07, 6.45) is 7.75. The van der Waals surface area contributed by atoms with Gasteiger partial charge in [-0.2, -0.15) is 5.10 Å². The molecule has 0 spiro atoms. The number of anilines is 1. The van der Waals surface area contributed by atoms with Crippen LogP contribution in [-0.2, 0) is 21.2 Å². The molecule has 9 nitrogen and oxygen atoms in total. The van der Waals surface area contributed by atoms with E-state index in [4.69, 9.17) is 0 Å². The molecule has 1 aliphatic heterocycles. The molecule has 0 radical (unpaired) electrons. The van der Waals surface area contributed by atoms with Crippen LogP contribution in [-0.4, -0.2) is 35.0 Å². The summed E-state index contributed by atoms with van der Waals surface area (Å²) >= 11 is 0. The Bertz CT molecular complexity index is 994. The Morgan fingerprint density at radius 2 is 2.08 bits per heavy atom. The van der Waals surface area contributed by atoms with E-state index in [0.29, 0.717) is 24.2 Å². The number of nitrogens with zero attached hydrogens (tertiary/aromatic N) is 3. The number of aryl methyl sites for hydroxylation is 1. The fraction of sp³-hybridized carbons (Fsp3) is 0.375. The largest absolute Gasteiger partial charge is 0.310 e. The molecule has 0 saturated heterocycles. The van der Waals surface area contributed by atoms with E-state index in [0.717, 1.165) is 19.3 Å². The van der Waals surface area contributed by atoms with Gasteiger partial charge >= 0.3 is 0 Å². The molecule has 136 valence electrons. The first kappa shape index (κ1) is 16.7. The molecule has 2 N–H and O–H groups in total. The van der Waals surface area contributed by atoms with E-state index >= 15 is 0 Å². The first-order valence-electron chi connectivity index (χ1n) is 8.32. The minimum atomic E-state index is -4.01. The fourth-order valence-electron chi connectivity index (χ4n) is 2.93.